The van der Waals surface area contributed by atoms with Gasteiger partial charge in [-0.05, 0) is 39.5 Å². The molecule has 0 saturated carbocycles. The number of rotatable bonds is 9. The monoisotopic (exact) mass is 239 g/mol. The van der Waals surface area contributed by atoms with Crippen molar-refractivity contribution in [2.24, 2.45) is 0 Å². The van der Waals surface area contributed by atoms with E-state index in [1.165, 1.54) is 13.0 Å². The SMILES string of the molecule is CCN(CC)CCCNCC(C)n1cncn1. The van der Waals surface area contributed by atoms with Gasteiger partial charge in [-0.15, -0.1) is 0 Å². The average molecular weight is 239 g/mol. The fourth-order valence-electron chi connectivity index (χ4n) is 1.82. The van der Waals surface area contributed by atoms with E-state index in [2.05, 4.69) is 41.1 Å². The first-order chi connectivity index (χ1) is 8.27. The van der Waals surface area contributed by atoms with Crippen molar-refractivity contribution in [1.82, 2.24) is 25.0 Å². The van der Waals surface area contributed by atoms with E-state index in [1.54, 1.807) is 12.7 Å². The van der Waals surface area contributed by atoms with Crippen LogP contribution in [0.4, 0.5) is 0 Å². The van der Waals surface area contributed by atoms with Crippen LogP contribution in [0.3, 0.4) is 0 Å². The molecule has 0 spiro atoms. The number of aromatic nitrogens is 3. The maximum absolute atomic E-state index is 4.13. The van der Waals surface area contributed by atoms with E-state index in [0.717, 1.165) is 26.2 Å². The van der Waals surface area contributed by atoms with Gasteiger partial charge in [0.2, 0.25) is 0 Å². The molecule has 1 unspecified atom stereocenters. The van der Waals surface area contributed by atoms with Crippen molar-refractivity contribution in [2.75, 3.05) is 32.7 Å². The molecule has 0 bridgehead atoms. The Labute approximate surface area is 104 Å². The smallest absolute Gasteiger partial charge is 0.137 e. The summed E-state index contributed by atoms with van der Waals surface area (Å²) in [7, 11) is 0. The van der Waals surface area contributed by atoms with Gasteiger partial charge < -0.3 is 10.2 Å². The van der Waals surface area contributed by atoms with Gasteiger partial charge in [0.05, 0.1) is 6.04 Å². The van der Waals surface area contributed by atoms with Crippen LogP contribution in [0.2, 0.25) is 0 Å². The zero-order valence-corrected chi connectivity index (χ0v) is 11.3. The molecule has 5 nitrogen and oxygen atoms in total. The van der Waals surface area contributed by atoms with Crippen molar-refractivity contribution in [3.63, 3.8) is 0 Å². The van der Waals surface area contributed by atoms with Crippen LogP contribution in [0.15, 0.2) is 12.7 Å². The first-order valence-corrected chi connectivity index (χ1v) is 6.55. The third-order valence-corrected chi connectivity index (χ3v) is 3.05. The van der Waals surface area contributed by atoms with Gasteiger partial charge in [0.15, 0.2) is 0 Å². The zero-order chi connectivity index (χ0) is 12.5. The van der Waals surface area contributed by atoms with E-state index in [1.807, 2.05) is 4.68 Å². The van der Waals surface area contributed by atoms with Gasteiger partial charge >= 0.3 is 0 Å². The number of hydrogen-bond donors (Lipinski definition) is 1. The Hall–Kier alpha value is -0.940. The van der Waals surface area contributed by atoms with Gasteiger partial charge in [-0.2, -0.15) is 5.10 Å². The second-order valence-corrected chi connectivity index (χ2v) is 4.31. The minimum atomic E-state index is 0.367. The Morgan fingerprint density at radius 3 is 2.71 bits per heavy atom. The molecular weight excluding hydrogens is 214 g/mol. The summed E-state index contributed by atoms with van der Waals surface area (Å²) in [5, 5.41) is 7.59. The van der Waals surface area contributed by atoms with Crippen LogP contribution in [0, 0.1) is 0 Å². The molecule has 1 rings (SSSR count). The molecule has 1 aromatic rings. The zero-order valence-electron chi connectivity index (χ0n) is 11.3. The number of nitrogens with one attached hydrogen (secondary N) is 1. The predicted molar refractivity (Wildman–Crippen MR) is 70.0 cm³/mol. The van der Waals surface area contributed by atoms with Crippen molar-refractivity contribution in [3.05, 3.63) is 12.7 Å². The van der Waals surface area contributed by atoms with Crippen molar-refractivity contribution in [1.29, 1.82) is 0 Å². The summed E-state index contributed by atoms with van der Waals surface area (Å²) in [5.41, 5.74) is 0. The van der Waals surface area contributed by atoms with Crippen LogP contribution in [0.5, 0.6) is 0 Å². The Morgan fingerprint density at radius 2 is 2.12 bits per heavy atom. The van der Waals surface area contributed by atoms with E-state index in [0.29, 0.717) is 6.04 Å². The maximum atomic E-state index is 4.13. The summed E-state index contributed by atoms with van der Waals surface area (Å²) in [6.45, 7) is 12.0. The van der Waals surface area contributed by atoms with Gasteiger partial charge in [0, 0.05) is 6.54 Å². The minimum Gasteiger partial charge on any atom is -0.315 e. The number of hydrogen-bond acceptors (Lipinski definition) is 4. The first kappa shape index (κ1) is 14.1. The summed E-state index contributed by atoms with van der Waals surface area (Å²) in [6.07, 6.45) is 4.55. The summed E-state index contributed by atoms with van der Waals surface area (Å²) in [4.78, 5) is 6.40. The number of nitrogens with zero attached hydrogens (tertiary/aromatic N) is 4. The van der Waals surface area contributed by atoms with E-state index >= 15 is 0 Å². The van der Waals surface area contributed by atoms with Crippen LogP contribution in [0.25, 0.3) is 0 Å². The van der Waals surface area contributed by atoms with Crippen molar-refractivity contribution in [3.8, 4) is 0 Å². The Kier molecular flexibility index (Phi) is 6.81. The Bertz CT molecular complexity index is 268. The molecule has 1 N–H and O–H groups in total. The van der Waals surface area contributed by atoms with E-state index < -0.39 is 0 Å². The standard InChI is InChI=1S/C12H25N5/c1-4-16(5-2)8-6-7-13-9-12(3)17-11-14-10-15-17/h10-13H,4-9H2,1-3H3. The summed E-state index contributed by atoms with van der Waals surface area (Å²) in [6, 6.07) is 0.367. The molecule has 1 aromatic heterocycles. The molecule has 0 saturated heterocycles. The van der Waals surface area contributed by atoms with Crippen LogP contribution >= 0.6 is 0 Å². The molecule has 0 aliphatic heterocycles. The Morgan fingerprint density at radius 1 is 1.35 bits per heavy atom. The predicted octanol–water partition coefficient (Wildman–Crippen LogP) is 1.16. The molecule has 0 aliphatic carbocycles. The first-order valence-electron chi connectivity index (χ1n) is 6.55. The van der Waals surface area contributed by atoms with Gasteiger partial charge in [-0.1, -0.05) is 13.8 Å². The van der Waals surface area contributed by atoms with Crippen molar-refractivity contribution in [2.45, 2.75) is 33.2 Å². The van der Waals surface area contributed by atoms with Gasteiger partial charge in [0.25, 0.3) is 0 Å². The van der Waals surface area contributed by atoms with E-state index in [-0.39, 0.29) is 0 Å². The van der Waals surface area contributed by atoms with Gasteiger partial charge in [-0.25, -0.2) is 9.67 Å². The van der Waals surface area contributed by atoms with Crippen LogP contribution < -0.4 is 5.32 Å². The summed E-state index contributed by atoms with van der Waals surface area (Å²) < 4.78 is 1.89. The van der Waals surface area contributed by atoms with Gasteiger partial charge in [0.1, 0.15) is 12.7 Å². The van der Waals surface area contributed by atoms with Crippen LogP contribution in [0.1, 0.15) is 33.2 Å². The lowest BCUT2D eigenvalue weighted by molar-refractivity contribution is 0.296. The molecule has 17 heavy (non-hydrogen) atoms. The quantitative estimate of drug-likeness (QED) is 0.657. The van der Waals surface area contributed by atoms with Gasteiger partial charge in [-0.3, -0.25) is 0 Å². The molecule has 1 heterocycles. The molecule has 98 valence electrons. The van der Waals surface area contributed by atoms with Crippen LogP contribution in [-0.2, 0) is 0 Å². The minimum absolute atomic E-state index is 0.367. The largest absolute Gasteiger partial charge is 0.315 e. The highest BCUT2D eigenvalue weighted by atomic mass is 15.3. The van der Waals surface area contributed by atoms with Crippen molar-refractivity contribution >= 4 is 0 Å². The molecule has 5 heteroatoms. The molecular formula is C12H25N5. The summed E-state index contributed by atoms with van der Waals surface area (Å²) >= 11 is 0. The highest BCUT2D eigenvalue weighted by Gasteiger charge is 2.04. The molecule has 0 aliphatic rings. The molecule has 1 atom stereocenters. The fourth-order valence-corrected chi connectivity index (χ4v) is 1.82. The average Bonchev–Trinajstić information content (AvgIpc) is 2.87. The van der Waals surface area contributed by atoms with E-state index in [9.17, 15) is 0 Å². The lowest BCUT2D eigenvalue weighted by atomic mass is 10.3. The second-order valence-electron chi connectivity index (χ2n) is 4.31. The summed E-state index contributed by atoms with van der Waals surface area (Å²) in [5.74, 6) is 0. The second kappa shape index (κ2) is 8.20. The lowest BCUT2D eigenvalue weighted by Crippen LogP contribution is -2.29. The molecule has 0 aromatic carbocycles. The molecule has 0 fully saturated rings. The third-order valence-electron chi connectivity index (χ3n) is 3.05. The molecule has 0 radical (unpaired) electrons. The molecule has 0 amide bonds. The highest BCUT2D eigenvalue weighted by Crippen LogP contribution is 1.99. The highest BCUT2D eigenvalue weighted by molar-refractivity contribution is 4.67. The Balaban J connectivity index is 2.04. The lowest BCUT2D eigenvalue weighted by Gasteiger charge is -2.18. The topological polar surface area (TPSA) is 46.0 Å². The third kappa shape index (κ3) is 5.28. The van der Waals surface area contributed by atoms with Crippen LogP contribution in [-0.4, -0.2) is 52.4 Å². The fraction of sp³-hybridized carbons (Fsp3) is 0.833. The normalized spacial score (nSPS) is 13.2. The van der Waals surface area contributed by atoms with E-state index in [4.69, 9.17) is 0 Å². The maximum Gasteiger partial charge on any atom is 0.137 e. The van der Waals surface area contributed by atoms with Crippen molar-refractivity contribution < 1.29 is 0 Å².